The summed E-state index contributed by atoms with van der Waals surface area (Å²) in [6.07, 6.45) is 0.854. The molecule has 8 nitrogen and oxygen atoms in total. The number of hydrogen-bond acceptors (Lipinski definition) is 4. The highest BCUT2D eigenvalue weighted by Gasteiger charge is 2.49. The van der Waals surface area contributed by atoms with Crippen molar-refractivity contribution >= 4 is 23.8 Å². The van der Waals surface area contributed by atoms with Gasteiger partial charge in [0.2, 0.25) is 0 Å². The highest BCUT2D eigenvalue weighted by atomic mass is 16.2. The molecule has 0 radical (unpaired) electrons. The van der Waals surface area contributed by atoms with Gasteiger partial charge >= 0.3 is 6.03 Å². The Morgan fingerprint density at radius 3 is 2.28 bits per heavy atom. The van der Waals surface area contributed by atoms with E-state index in [-0.39, 0.29) is 0 Å². The molecule has 2 aromatic carbocycles. The first-order valence-corrected chi connectivity index (χ1v) is 9.23. The molecule has 3 N–H and O–H groups in total. The average Bonchev–Trinajstić information content (AvgIpc) is 2.96. The number of hydrogen-bond donors (Lipinski definition) is 3. The van der Waals surface area contributed by atoms with Gasteiger partial charge in [0.05, 0.1) is 0 Å². The van der Waals surface area contributed by atoms with Crippen molar-refractivity contribution in [2.24, 2.45) is 0 Å². The number of aryl methyl sites for hydroxylation is 1. The number of amides is 5. The summed E-state index contributed by atoms with van der Waals surface area (Å²) in [5.74, 6) is -1.72. The van der Waals surface area contributed by atoms with Gasteiger partial charge in [-0.1, -0.05) is 49.4 Å². The molecule has 0 unspecified atom stereocenters. The number of imide groups is 1. The Kier molecular flexibility index (Phi) is 5.63. The van der Waals surface area contributed by atoms with Crippen LogP contribution in [0, 0.1) is 0 Å². The van der Waals surface area contributed by atoms with E-state index in [1.165, 1.54) is 0 Å². The van der Waals surface area contributed by atoms with Crippen LogP contribution in [0.3, 0.4) is 0 Å². The van der Waals surface area contributed by atoms with Crippen molar-refractivity contribution in [1.82, 2.24) is 21.1 Å². The molecular formula is C21H22N4O4. The number of nitrogens with one attached hydrogen (secondary N) is 3. The second kappa shape index (κ2) is 8.14. The molecule has 0 spiro atoms. The van der Waals surface area contributed by atoms with Crippen LogP contribution < -0.4 is 16.2 Å². The molecule has 2 aromatic rings. The van der Waals surface area contributed by atoms with Crippen molar-refractivity contribution in [3.8, 4) is 0 Å². The van der Waals surface area contributed by atoms with Gasteiger partial charge in [0, 0.05) is 5.56 Å². The minimum Gasteiger partial charge on any atom is -0.319 e. The van der Waals surface area contributed by atoms with E-state index in [2.05, 4.69) is 16.2 Å². The quantitative estimate of drug-likeness (QED) is 0.527. The van der Waals surface area contributed by atoms with E-state index < -0.39 is 35.8 Å². The fourth-order valence-corrected chi connectivity index (χ4v) is 3.08. The summed E-state index contributed by atoms with van der Waals surface area (Å²) in [6.45, 7) is 3.08. The first kappa shape index (κ1) is 20.1. The zero-order valence-corrected chi connectivity index (χ0v) is 16.2. The van der Waals surface area contributed by atoms with Crippen molar-refractivity contribution < 1.29 is 19.2 Å². The Morgan fingerprint density at radius 2 is 1.66 bits per heavy atom. The number of carbonyl (C=O) groups is 4. The van der Waals surface area contributed by atoms with Crippen LogP contribution in [0.5, 0.6) is 0 Å². The highest BCUT2D eigenvalue weighted by Crippen LogP contribution is 2.28. The Balaban J connectivity index is 1.59. The van der Waals surface area contributed by atoms with Gasteiger partial charge in [-0.05, 0) is 36.6 Å². The van der Waals surface area contributed by atoms with Crippen LogP contribution in [0.1, 0.15) is 35.3 Å². The second-order valence-electron chi connectivity index (χ2n) is 6.87. The monoisotopic (exact) mass is 394 g/mol. The van der Waals surface area contributed by atoms with E-state index in [4.69, 9.17) is 0 Å². The lowest BCUT2D eigenvalue weighted by Gasteiger charge is -2.22. The molecule has 1 heterocycles. The Labute approximate surface area is 168 Å². The summed E-state index contributed by atoms with van der Waals surface area (Å²) in [5.41, 5.74) is 5.36. The van der Waals surface area contributed by atoms with Crippen molar-refractivity contribution in [2.45, 2.75) is 25.8 Å². The van der Waals surface area contributed by atoms with Crippen LogP contribution in [0.4, 0.5) is 4.79 Å². The Hall–Kier alpha value is -3.68. The van der Waals surface area contributed by atoms with E-state index in [1.54, 1.807) is 49.4 Å². The van der Waals surface area contributed by atoms with Crippen molar-refractivity contribution in [2.75, 3.05) is 6.54 Å². The molecule has 1 fully saturated rings. The number of rotatable bonds is 5. The largest absolute Gasteiger partial charge is 0.325 e. The molecular weight excluding hydrogens is 372 g/mol. The van der Waals surface area contributed by atoms with E-state index >= 15 is 0 Å². The molecule has 1 saturated heterocycles. The third-order valence-electron chi connectivity index (χ3n) is 4.87. The molecule has 0 bridgehead atoms. The van der Waals surface area contributed by atoms with E-state index in [9.17, 15) is 19.2 Å². The Bertz CT molecular complexity index is 943. The van der Waals surface area contributed by atoms with Gasteiger partial charge in [0.25, 0.3) is 17.7 Å². The van der Waals surface area contributed by atoms with Gasteiger partial charge in [-0.15, -0.1) is 0 Å². The number of nitrogens with zero attached hydrogens (tertiary/aromatic N) is 1. The van der Waals surface area contributed by atoms with E-state index in [0.717, 1.165) is 16.9 Å². The standard InChI is InChI=1S/C21H22N4O4/c1-3-14-9-11-15(12-10-14)18(27)24-23-17(26)13-25-19(28)21(2,22-20(25)29)16-7-5-4-6-8-16/h4-12H,3,13H2,1-2H3,(H,22,29)(H,23,26)(H,24,27)/t21-/m1/s1. The molecule has 1 atom stereocenters. The summed E-state index contributed by atoms with van der Waals surface area (Å²) in [7, 11) is 0. The van der Waals surface area contributed by atoms with Crippen molar-refractivity contribution in [3.63, 3.8) is 0 Å². The fourth-order valence-electron chi connectivity index (χ4n) is 3.08. The highest BCUT2D eigenvalue weighted by molar-refractivity contribution is 6.09. The van der Waals surface area contributed by atoms with Crippen LogP contribution in [0.25, 0.3) is 0 Å². The second-order valence-corrected chi connectivity index (χ2v) is 6.87. The molecule has 0 aliphatic carbocycles. The summed E-state index contributed by atoms with van der Waals surface area (Å²) in [6, 6.07) is 15.1. The normalized spacial score (nSPS) is 18.3. The molecule has 1 aliphatic rings. The van der Waals surface area contributed by atoms with Gasteiger partial charge < -0.3 is 5.32 Å². The van der Waals surface area contributed by atoms with Crippen LogP contribution in [-0.2, 0) is 21.5 Å². The van der Waals surface area contributed by atoms with Crippen LogP contribution >= 0.6 is 0 Å². The number of carbonyl (C=O) groups excluding carboxylic acids is 4. The molecule has 3 rings (SSSR count). The summed E-state index contributed by atoms with van der Waals surface area (Å²) >= 11 is 0. The van der Waals surface area contributed by atoms with Gasteiger partial charge in [-0.25, -0.2) is 4.79 Å². The zero-order chi connectivity index (χ0) is 21.0. The molecule has 1 aliphatic heterocycles. The molecule has 8 heteroatoms. The van der Waals surface area contributed by atoms with Gasteiger partial charge in [-0.3, -0.25) is 30.1 Å². The lowest BCUT2D eigenvalue weighted by atomic mass is 9.92. The first-order valence-electron chi connectivity index (χ1n) is 9.23. The SMILES string of the molecule is CCc1ccc(C(=O)NNC(=O)CN2C(=O)N[C@](C)(c3ccccc3)C2=O)cc1. The maximum atomic E-state index is 12.8. The van der Waals surface area contributed by atoms with Crippen molar-refractivity contribution in [1.29, 1.82) is 0 Å². The molecule has 150 valence electrons. The predicted octanol–water partition coefficient (Wildman–Crippen LogP) is 1.48. The number of hydrazine groups is 1. The molecule has 0 saturated carbocycles. The minimum atomic E-state index is -1.25. The van der Waals surface area contributed by atoms with Crippen molar-refractivity contribution in [3.05, 3.63) is 71.3 Å². The van der Waals surface area contributed by atoms with Gasteiger partial charge in [0.15, 0.2) is 0 Å². The van der Waals surface area contributed by atoms with Crippen LogP contribution in [0.2, 0.25) is 0 Å². The van der Waals surface area contributed by atoms with Crippen LogP contribution in [-0.4, -0.2) is 35.2 Å². The van der Waals surface area contributed by atoms with Crippen LogP contribution in [0.15, 0.2) is 54.6 Å². The molecule has 0 aromatic heterocycles. The first-order chi connectivity index (χ1) is 13.8. The molecule has 29 heavy (non-hydrogen) atoms. The zero-order valence-electron chi connectivity index (χ0n) is 16.2. The summed E-state index contributed by atoms with van der Waals surface area (Å²) in [4.78, 5) is 50.1. The fraction of sp³-hybridized carbons (Fsp3) is 0.238. The van der Waals surface area contributed by atoms with Gasteiger partial charge in [-0.2, -0.15) is 0 Å². The topological polar surface area (TPSA) is 108 Å². The lowest BCUT2D eigenvalue weighted by Crippen LogP contribution is -2.48. The minimum absolute atomic E-state index is 0.383. The Morgan fingerprint density at radius 1 is 1.00 bits per heavy atom. The number of urea groups is 1. The third kappa shape index (κ3) is 4.11. The molecule has 5 amide bonds. The predicted molar refractivity (Wildman–Crippen MR) is 105 cm³/mol. The van der Waals surface area contributed by atoms with E-state index in [0.29, 0.717) is 11.1 Å². The summed E-state index contributed by atoms with van der Waals surface area (Å²) < 4.78 is 0. The average molecular weight is 394 g/mol. The lowest BCUT2D eigenvalue weighted by molar-refractivity contribution is -0.135. The maximum Gasteiger partial charge on any atom is 0.325 e. The smallest absolute Gasteiger partial charge is 0.319 e. The third-order valence-corrected chi connectivity index (χ3v) is 4.87. The summed E-state index contributed by atoms with van der Waals surface area (Å²) in [5, 5.41) is 2.62. The maximum absolute atomic E-state index is 12.8. The van der Waals surface area contributed by atoms with Gasteiger partial charge in [0.1, 0.15) is 12.1 Å². The number of benzene rings is 2. The van der Waals surface area contributed by atoms with E-state index in [1.807, 2.05) is 19.1 Å².